The minimum Gasteiger partial charge on any atom is -0.323 e. The largest absolute Gasteiger partial charge is 0.323 e. The second-order valence-corrected chi connectivity index (χ2v) is 6.01. The Morgan fingerprint density at radius 3 is 2.45 bits per heavy atom. The molecule has 3 rings (SSSR count). The lowest BCUT2D eigenvalue weighted by Gasteiger charge is -2.42. The molecule has 1 saturated carbocycles. The van der Waals surface area contributed by atoms with Crippen LogP contribution < -0.4 is 5.73 Å². The summed E-state index contributed by atoms with van der Waals surface area (Å²) in [7, 11) is 1.95. The van der Waals surface area contributed by atoms with Crippen molar-refractivity contribution in [3.8, 4) is 0 Å². The van der Waals surface area contributed by atoms with Crippen LogP contribution in [-0.4, -0.2) is 9.78 Å². The van der Waals surface area contributed by atoms with Gasteiger partial charge in [0.15, 0.2) is 0 Å². The van der Waals surface area contributed by atoms with Gasteiger partial charge in [0, 0.05) is 30.3 Å². The summed E-state index contributed by atoms with van der Waals surface area (Å²) in [5.41, 5.74) is 9.31. The number of nitrogens with two attached hydrogens (primary N) is 1. The van der Waals surface area contributed by atoms with Crippen molar-refractivity contribution in [2.75, 3.05) is 0 Å². The van der Waals surface area contributed by atoms with Crippen molar-refractivity contribution in [3.63, 3.8) is 0 Å². The molecule has 0 saturated heterocycles. The van der Waals surface area contributed by atoms with Gasteiger partial charge in [0.25, 0.3) is 0 Å². The number of rotatable bonds is 3. The zero-order valence-electron chi connectivity index (χ0n) is 12.1. The van der Waals surface area contributed by atoms with Gasteiger partial charge in [0.2, 0.25) is 0 Å². The topological polar surface area (TPSA) is 43.8 Å². The zero-order valence-corrected chi connectivity index (χ0v) is 12.1. The average molecular weight is 269 g/mol. The van der Waals surface area contributed by atoms with Crippen LogP contribution in [0.5, 0.6) is 0 Å². The molecule has 106 valence electrons. The lowest BCUT2D eigenvalue weighted by atomic mass is 9.64. The van der Waals surface area contributed by atoms with E-state index in [1.54, 1.807) is 0 Å². The molecule has 0 bridgehead atoms. The molecule has 0 amide bonds. The van der Waals surface area contributed by atoms with E-state index in [1.165, 1.54) is 37.7 Å². The molecule has 3 nitrogen and oxygen atoms in total. The SMILES string of the molecule is Cn1cc(C(N)C2(c3ccccc3)CCCCC2)cn1. The number of aryl methyl sites for hydroxylation is 1. The molecule has 3 heteroatoms. The standard InChI is InChI=1S/C17H23N3/c1-20-13-14(12-19-20)16(18)17(10-6-3-7-11-17)15-8-4-2-5-9-15/h2,4-5,8-9,12-13,16H,3,6-7,10-11,18H2,1H3. The van der Waals surface area contributed by atoms with Gasteiger partial charge < -0.3 is 5.73 Å². The van der Waals surface area contributed by atoms with Crippen LogP contribution in [0.1, 0.15) is 49.3 Å². The first-order valence-corrected chi connectivity index (χ1v) is 7.52. The summed E-state index contributed by atoms with van der Waals surface area (Å²) in [5, 5.41) is 4.29. The summed E-state index contributed by atoms with van der Waals surface area (Å²) < 4.78 is 1.84. The molecule has 1 aliphatic rings. The second-order valence-electron chi connectivity index (χ2n) is 6.01. The number of nitrogens with zero attached hydrogens (tertiary/aromatic N) is 2. The van der Waals surface area contributed by atoms with E-state index in [0.717, 1.165) is 5.56 Å². The second kappa shape index (κ2) is 5.41. The molecule has 1 unspecified atom stereocenters. The van der Waals surface area contributed by atoms with Gasteiger partial charge in [-0.1, -0.05) is 49.6 Å². The molecule has 1 heterocycles. The van der Waals surface area contributed by atoms with E-state index in [2.05, 4.69) is 41.6 Å². The zero-order chi connectivity index (χ0) is 14.0. The van der Waals surface area contributed by atoms with Gasteiger partial charge in [-0.25, -0.2) is 0 Å². The van der Waals surface area contributed by atoms with Gasteiger partial charge >= 0.3 is 0 Å². The van der Waals surface area contributed by atoms with E-state index in [0.29, 0.717) is 0 Å². The van der Waals surface area contributed by atoms with Crippen LogP contribution in [0.4, 0.5) is 0 Å². The van der Waals surface area contributed by atoms with Crippen LogP contribution in [-0.2, 0) is 12.5 Å². The molecule has 1 aromatic heterocycles. The van der Waals surface area contributed by atoms with E-state index >= 15 is 0 Å². The van der Waals surface area contributed by atoms with E-state index in [-0.39, 0.29) is 11.5 Å². The Hall–Kier alpha value is -1.61. The highest BCUT2D eigenvalue weighted by Gasteiger charge is 2.40. The minimum atomic E-state index is 0.0268. The summed E-state index contributed by atoms with van der Waals surface area (Å²) in [4.78, 5) is 0. The molecular formula is C17H23N3. The Balaban J connectivity index is 2.01. The van der Waals surface area contributed by atoms with Crippen LogP contribution in [0, 0.1) is 0 Å². The summed E-state index contributed by atoms with van der Waals surface area (Å²) in [6.45, 7) is 0. The highest BCUT2D eigenvalue weighted by atomic mass is 15.2. The van der Waals surface area contributed by atoms with Crippen LogP contribution in [0.25, 0.3) is 0 Å². The Kier molecular flexibility index (Phi) is 3.62. The first kappa shape index (κ1) is 13.4. The summed E-state index contributed by atoms with van der Waals surface area (Å²) in [6.07, 6.45) is 10.2. The first-order chi connectivity index (χ1) is 9.72. The highest BCUT2D eigenvalue weighted by molar-refractivity contribution is 5.32. The molecular weight excluding hydrogens is 246 g/mol. The Bertz CT molecular complexity index is 553. The van der Waals surface area contributed by atoms with Gasteiger partial charge in [-0.2, -0.15) is 5.10 Å². The summed E-state index contributed by atoms with van der Waals surface area (Å²) >= 11 is 0. The van der Waals surface area contributed by atoms with Crippen LogP contribution in [0.2, 0.25) is 0 Å². The molecule has 1 atom stereocenters. The molecule has 1 aromatic carbocycles. The lowest BCUT2D eigenvalue weighted by molar-refractivity contribution is 0.244. The third-order valence-electron chi connectivity index (χ3n) is 4.77. The molecule has 2 N–H and O–H groups in total. The summed E-state index contributed by atoms with van der Waals surface area (Å²) in [5.74, 6) is 0. The monoisotopic (exact) mass is 269 g/mol. The van der Waals surface area contributed by atoms with Crippen molar-refractivity contribution >= 4 is 0 Å². The fourth-order valence-electron chi connectivity index (χ4n) is 3.65. The lowest BCUT2D eigenvalue weighted by Crippen LogP contribution is -2.40. The van der Waals surface area contributed by atoms with Gasteiger partial charge in [-0.3, -0.25) is 4.68 Å². The van der Waals surface area contributed by atoms with Crippen molar-refractivity contribution < 1.29 is 0 Å². The molecule has 20 heavy (non-hydrogen) atoms. The first-order valence-electron chi connectivity index (χ1n) is 7.52. The van der Waals surface area contributed by atoms with Crippen molar-refractivity contribution in [1.29, 1.82) is 0 Å². The van der Waals surface area contributed by atoms with Crippen LogP contribution in [0.3, 0.4) is 0 Å². The average Bonchev–Trinajstić information content (AvgIpc) is 2.94. The molecule has 0 spiro atoms. The minimum absolute atomic E-state index is 0.0268. The predicted molar refractivity (Wildman–Crippen MR) is 81.3 cm³/mol. The van der Waals surface area contributed by atoms with Crippen molar-refractivity contribution in [1.82, 2.24) is 9.78 Å². The fraction of sp³-hybridized carbons (Fsp3) is 0.471. The maximum absolute atomic E-state index is 6.70. The number of aromatic nitrogens is 2. The molecule has 0 aliphatic heterocycles. The normalized spacial score (nSPS) is 19.7. The van der Waals surface area contributed by atoms with Crippen molar-refractivity contribution in [3.05, 3.63) is 53.9 Å². The number of hydrogen-bond donors (Lipinski definition) is 1. The maximum atomic E-state index is 6.70. The van der Waals surface area contributed by atoms with Gasteiger partial charge in [0.05, 0.1) is 6.20 Å². The van der Waals surface area contributed by atoms with Crippen molar-refractivity contribution in [2.24, 2.45) is 12.8 Å². The van der Waals surface area contributed by atoms with Gasteiger partial charge in [-0.15, -0.1) is 0 Å². The molecule has 1 fully saturated rings. The van der Waals surface area contributed by atoms with E-state index < -0.39 is 0 Å². The smallest absolute Gasteiger partial charge is 0.0537 e. The van der Waals surface area contributed by atoms with Gasteiger partial charge in [-0.05, 0) is 18.4 Å². The van der Waals surface area contributed by atoms with E-state index in [1.807, 2.05) is 17.9 Å². The Labute approximate surface area is 120 Å². The predicted octanol–water partition coefficient (Wildman–Crippen LogP) is 3.32. The third-order valence-corrected chi connectivity index (χ3v) is 4.77. The number of benzene rings is 1. The highest BCUT2D eigenvalue weighted by Crippen LogP contribution is 2.46. The molecule has 1 aliphatic carbocycles. The van der Waals surface area contributed by atoms with E-state index in [4.69, 9.17) is 5.73 Å². The Morgan fingerprint density at radius 1 is 1.15 bits per heavy atom. The van der Waals surface area contributed by atoms with Gasteiger partial charge in [0.1, 0.15) is 0 Å². The molecule has 2 aromatic rings. The maximum Gasteiger partial charge on any atom is 0.0537 e. The number of hydrogen-bond acceptors (Lipinski definition) is 2. The summed E-state index contributed by atoms with van der Waals surface area (Å²) in [6, 6.07) is 10.8. The van der Waals surface area contributed by atoms with Crippen LogP contribution in [0.15, 0.2) is 42.7 Å². The fourth-order valence-corrected chi connectivity index (χ4v) is 3.65. The van der Waals surface area contributed by atoms with E-state index in [9.17, 15) is 0 Å². The molecule has 0 radical (unpaired) electrons. The quantitative estimate of drug-likeness (QED) is 0.929. The Morgan fingerprint density at radius 2 is 1.85 bits per heavy atom. The van der Waals surface area contributed by atoms with Crippen LogP contribution >= 0.6 is 0 Å². The van der Waals surface area contributed by atoms with Crippen molar-refractivity contribution in [2.45, 2.75) is 43.6 Å². The third kappa shape index (κ3) is 2.27.